The van der Waals surface area contributed by atoms with E-state index in [0.29, 0.717) is 0 Å². The average Bonchev–Trinajstić information content (AvgIpc) is 2.70. The molecule has 0 heterocycles. The lowest BCUT2D eigenvalue weighted by Gasteiger charge is -2.31. The third-order valence-electron chi connectivity index (χ3n) is 4.66. The molecule has 0 aromatic rings. The van der Waals surface area contributed by atoms with Gasteiger partial charge in [-0.25, -0.2) is 0 Å². The molecule has 0 amide bonds. The Morgan fingerprint density at radius 3 is 1.11 bits per heavy atom. The lowest BCUT2D eigenvalue weighted by molar-refractivity contribution is 0.132. The van der Waals surface area contributed by atoms with Crippen molar-refractivity contribution in [1.29, 1.82) is 0 Å². The number of rotatable bonds is 17. The first-order valence-electron chi connectivity index (χ1n) is 10.9. The summed E-state index contributed by atoms with van der Waals surface area (Å²) in [5.74, 6) is 0. The molecule has 0 N–H and O–H groups in total. The molecule has 0 saturated heterocycles. The Bertz CT molecular complexity index is 274. The van der Waals surface area contributed by atoms with Crippen LogP contribution in [-0.2, 0) is 22.1 Å². The summed E-state index contributed by atoms with van der Waals surface area (Å²) < 4.78 is 27.5. The Balaban J connectivity index is 0. The maximum Gasteiger partial charge on any atom is 0.496 e. The molecular formula is C20H48O5Si2. The van der Waals surface area contributed by atoms with E-state index < -0.39 is 17.4 Å². The van der Waals surface area contributed by atoms with Crippen LogP contribution in [0.4, 0.5) is 0 Å². The van der Waals surface area contributed by atoms with Crippen molar-refractivity contribution in [3.8, 4) is 0 Å². The van der Waals surface area contributed by atoms with Crippen molar-refractivity contribution in [2.75, 3.05) is 34.5 Å². The average molecular weight is 425 g/mol. The molecule has 0 rings (SSSR count). The molecule has 7 heteroatoms. The smallest absolute Gasteiger partial charge is 0.394 e. The van der Waals surface area contributed by atoms with E-state index in [-0.39, 0.29) is 0 Å². The minimum absolute atomic E-state index is 0.905. The highest BCUT2D eigenvalue weighted by Crippen LogP contribution is 2.25. The van der Waals surface area contributed by atoms with Crippen LogP contribution in [0.2, 0.25) is 18.6 Å². The van der Waals surface area contributed by atoms with Crippen LogP contribution in [0.1, 0.15) is 79.1 Å². The molecule has 0 aliphatic rings. The molecule has 166 valence electrons. The second kappa shape index (κ2) is 19.5. The van der Waals surface area contributed by atoms with Crippen LogP contribution in [-0.4, -0.2) is 51.9 Å². The fourth-order valence-corrected chi connectivity index (χ4v) is 6.63. The Labute approximate surface area is 172 Å². The summed E-state index contributed by atoms with van der Waals surface area (Å²) in [5, 5.41) is 0. The van der Waals surface area contributed by atoms with Crippen LogP contribution >= 0.6 is 0 Å². The Kier molecular flexibility index (Phi) is 21.3. The SMILES string of the molecule is CCCCO[Si](CCCC)(CCCC)OCCCC.CO[Si](C)(OC)OC. The molecule has 0 spiro atoms. The molecule has 27 heavy (non-hydrogen) atoms. The second-order valence-electron chi connectivity index (χ2n) is 7.00. The van der Waals surface area contributed by atoms with Gasteiger partial charge in [-0.2, -0.15) is 0 Å². The van der Waals surface area contributed by atoms with Gasteiger partial charge in [-0.05, 0) is 24.9 Å². The molecule has 0 aromatic carbocycles. The molecule has 0 fully saturated rings. The predicted molar refractivity (Wildman–Crippen MR) is 120 cm³/mol. The van der Waals surface area contributed by atoms with Crippen molar-refractivity contribution in [3.05, 3.63) is 0 Å². The van der Waals surface area contributed by atoms with Crippen molar-refractivity contribution < 1.29 is 22.1 Å². The molecule has 0 aromatic heterocycles. The van der Waals surface area contributed by atoms with Crippen LogP contribution in [0.15, 0.2) is 0 Å². The second-order valence-corrected chi connectivity index (χ2v) is 13.3. The largest absolute Gasteiger partial charge is 0.496 e. The number of hydrogen-bond donors (Lipinski definition) is 0. The van der Waals surface area contributed by atoms with Gasteiger partial charge in [-0.3, -0.25) is 0 Å². The van der Waals surface area contributed by atoms with Crippen molar-refractivity contribution >= 4 is 17.4 Å². The molecule has 0 bridgehead atoms. The van der Waals surface area contributed by atoms with E-state index in [4.69, 9.17) is 22.1 Å². The monoisotopic (exact) mass is 424 g/mol. The van der Waals surface area contributed by atoms with Gasteiger partial charge in [0.2, 0.25) is 0 Å². The standard InChI is InChI=1S/C16H36O2Si.C4H12O3Si/c1-5-9-13-17-19(15-11-7-3,16-12-8-4)18-14-10-6-2;1-5-8(4,6-2)7-3/h5-16H2,1-4H3;1-4H3. The summed E-state index contributed by atoms with van der Waals surface area (Å²) in [6.45, 7) is 12.6. The zero-order valence-electron chi connectivity index (χ0n) is 19.5. The van der Waals surface area contributed by atoms with Crippen LogP contribution < -0.4 is 0 Å². The van der Waals surface area contributed by atoms with E-state index in [2.05, 4.69) is 27.7 Å². The molecule has 0 aliphatic carbocycles. The molecule has 5 nitrogen and oxygen atoms in total. The lowest BCUT2D eigenvalue weighted by atomic mass is 10.4. The van der Waals surface area contributed by atoms with Crippen LogP contribution in [0.3, 0.4) is 0 Å². The fraction of sp³-hybridized carbons (Fsp3) is 1.00. The van der Waals surface area contributed by atoms with E-state index >= 15 is 0 Å². The van der Waals surface area contributed by atoms with E-state index in [1.807, 2.05) is 6.55 Å². The third-order valence-corrected chi connectivity index (χ3v) is 10.6. The molecule has 0 radical (unpaired) electrons. The minimum Gasteiger partial charge on any atom is -0.394 e. The summed E-state index contributed by atoms with van der Waals surface area (Å²) in [7, 11) is 0.664. The maximum atomic E-state index is 6.34. The zero-order chi connectivity index (χ0) is 21.0. The highest BCUT2D eigenvalue weighted by Gasteiger charge is 2.36. The van der Waals surface area contributed by atoms with Crippen molar-refractivity contribution in [2.45, 2.75) is 97.7 Å². The first-order chi connectivity index (χ1) is 12.9. The molecular weight excluding hydrogens is 376 g/mol. The quantitative estimate of drug-likeness (QED) is 0.207. The van der Waals surface area contributed by atoms with Crippen LogP contribution in [0, 0.1) is 0 Å². The third kappa shape index (κ3) is 15.8. The normalized spacial score (nSPS) is 12.0. The summed E-state index contributed by atoms with van der Waals surface area (Å²) in [4.78, 5) is 0. The maximum absolute atomic E-state index is 6.34. The topological polar surface area (TPSA) is 46.2 Å². The summed E-state index contributed by atoms with van der Waals surface area (Å²) in [6.07, 6.45) is 9.77. The van der Waals surface area contributed by atoms with E-state index in [1.54, 1.807) is 21.3 Å². The van der Waals surface area contributed by atoms with Gasteiger partial charge < -0.3 is 22.1 Å². The van der Waals surface area contributed by atoms with Crippen molar-refractivity contribution in [2.24, 2.45) is 0 Å². The zero-order valence-corrected chi connectivity index (χ0v) is 21.5. The van der Waals surface area contributed by atoms with Crippen LogP contribution in [0.5, 0.6) is 0 Å². The highest BCUT2D eigenvalue weighted by molar-refractivity contribution is 6.67. The van der Waals surface area contributed by atoms with Gasteiger partial charge in [0.05, 0.1) is 0 Å². The van der Waals surface area contributed by atoms with Gasteiger partial charge in [0.15, 0.2) is 0 Å². The molecule has 0 aliphatic heterocycles. The van der Waals surface area contributed by atoms with E-state index in [0.717, 1.165) is 13.2 Å². The number of hydrogen-bond acceptors (Lipinski definition) is 5. The molecule has 0 saturated carbocycles. The molecule has 0 atom stereocenters. The van der Waals surface area contributed by atoms with Gasteiger partial charge >= 0.3 is 17.4 Å². The Hall–Kier alpha value is 0.234. The Morgan fingerprint density at radius 2 is 0.889 bits per heavy atom. The van der Waals surface area contributed by atoms with Gasteiger partial charge in [-0.1, -0.05) is 66.2 Å². The Morgan fingerprint density at radius 1 is 0.556 bits per heavy atom. The van der Waals surface area contributed by atoms with Gasteiger partial charge in [0.1, 0.15) is 0 Å². The fourth-order valence-electron chi connectivity index (χ4n) is 2.40. The minimum atomic E-state index is -2.17. The van der Waals surface area contributed by atoms with Crippen molar-refractivity contribution in [1.82, 2.24) is 0 Å². The first-order valence-corrected chi connectivity index (χ1v) is 15.3. The number of unbranched alkanes of at least 4 members (excludes halogenated alkanes) is 4. The summed E-state index contributed by atoms with van der Waals surface area (Å²) >= 11 is 0. The van der Waals surface area contributed by atoms with Crippen LogP contribution in [0.25, 0.3) is 0 Å². The summed E-state index contributed by atoms with van der Waals surface area (Å²) in [6, 6.07) is 2.38. The van der Waals surface area contributed by atoms with Gasteiger partial charge in [-0.15, -0.1) is 0 Å². The van der Waals surface area contributed by atoms with Gasteiger partial charge in [0, 0.05) is 41.1 Å². The predicted octanol–water partition coefficient (Wildman–Crippen LogP) is 6.16. The molecule has 0 unspecified atom stereocenters. The first kappa shape index (κ1) is 29.4. The highest BCUT2D eigenvalue weighted by atomic mass is 28.4. The van der Waals surface area contributed by atoms with E-state index in [1.165, 1.54) is 63.5 Å². The van der Waals surface area contributed by atoms with Crippen molar-refractivity contribution in [3.63, 3.8) is 0 Å². The summed E-state index contributed by atoms with van der Waals surface area (Å²) in [5.41, 5.74) is 0. The van der Waals surface area contributed by atoms with Gasteiger partial charge in [0.25, 0.3) is 0 Å². The van der Waals surface area contributed by atoms with E-state index in [9.17, 15) is 0 Å². The lowest BCUT2D eigenvalue weighted by Crippen LogP contribution is -2.42.